The number of benzene rings is 1. The maximum Gasteiger partial charge on any atom is 0.253 e. The third-order valence-electron chi connectivity index (χ3n) is 5.30. The van der Waals surface area contributed by atoms with Crippen molar-refractivity contribution in [2.45, 2.75) is 25.4 Å². The smallest absolute Gasteiger partial charge is 0.253 e. The average molecular weight is 349 g/mol. The van der Waals surface area contributed by atoms with E-state index in [0.717, 1.165) is 0 Å². The molecule has 2 aliphatic rings. The van der Waals surface area contributed by atoms with Crippen molar-refractivity contribution >= 4 is 11.8 Å². The molecule has 1 aromatic rings. The van der Waals surface area contributed by atoms with Crippen LogP contribution in [0.15, 0.2) is 24.3 Å². The molecule has 0 spiro atoms. The van der Waals surface area contributed by atoms with E-state index in [-0.39, 0.29) is 30.3 Å². The highest BCUT2D eigenvalue weighted by Crippen LogP contribution is 2.28. The SMILES string of the molecule is CC(=O)N1CC2CN(C(=O)c3ccc(F)cc3)CCN2C(C)(CO)C1. The fraction of sp³-hybridized carbons (Fsp3) is 0.556. The molecular formula is C18H24FN3O3. The maximum atomic E-state index is 13.1. The Bertz CT molecular complexity index is 666. The Morgan fingerprint density at radius 1 is 1.20 bits per heavy atom. The summed E-state index contributed by atoms with van der Waals surface area (Å²) < 4.78 is 13.1. The zero-order valence-electron chi connectivity index (χ0n) is 14.6. The third-order valence-corrected chi connectivity index (χ3v) is 5.30. The molecule has 2 heterocycles. The first-order valence-corrected chi connectivity index (χ1v) is 8.52. The van der Waals surface area contributed by atoms with Gasteiger partial charge < -0.3 is 14.9 Å². The van der Waals surface area contributed by atoms with Crippen LogP contribution in [0.3, 0.4) is 0 Å². The summed E-state index contributed by atoms with van der Waals surface area (Å²) in [7, 11) is 0. The van der Waals surface area contributed by atoms with Crippen LogP contribution in [0.4, 0.5) is 4.39 Å². The summed E-state index contributed by atoms with van der Waals surface area (Å²) in [5, 5.41) is 9.87. The number of carbonyl (C=O) groups is 2. The Labute approximate surface area is 146 Å². The molecule has 0 aliphatic carbocycles. The Balaban J connectivity index is 1.77. The molecule has 0 aromatic heterocycles. The zero-order valence-corrected chi connectivity index (χ0v) is 14.6. The quantitative estimate of drug-likeness (QED) is 0.848. The number of hydrogen-bond donors (Lipinski definition) is 1. The Morgan fingerprint density at radius 2 is 1.84 bits per heavy atom. The van der Waals surface area contributed by atoms with Gasteiger partial charge in [-0.3, -0.25) is 14.5 Å². The molecule has 0 radical (unpaired) electrons. The molecule has 2 amide bonds. The molecule has 1 aromatic carbocycles. The third kappa shape index (κ3) is 3.39. The molecule has 25 heavy (non-hydrogen) atoms. The Hall–Kier alpha value is -1.99. The van der Waals surface area contributed by atoms with Gasteiger partial charge in [0.1, 0.15) is 5.82 Å². The number of aliphatic hydroxyl groups is 1. The van der Waals surface area contributed by atoms with Crippen LogP contribution in [0, 0.1) is 5.82 Å². The minimum atomic E-state index is -0.500. The topological polar surface area (TPSA) is 64.1 Å². The lowest BCUT2D eigenvalue weighted by molar-refractivity contribution is -0.142. The molecule has 3 rings (SSSR count). The van der Waals surface area contributed by atoms with Crippen LogP contribution in [-0.4, -0.2) is 82.5 Å². The highest BCUT2D eigenvalue weighted by molar-refractivity contribution is 5.94. The molecule has 2 unspecified atom stereocenters. The number of amides is 2. The number of fused-ring (bicyclic) bond motifs is 1. The largest absolute Gasteiger partial charge is 0.394 e. The number of rotatable bonds is 2. The molecule has 1 N–H and O–H groups in total. The van der Waals surface area contributed by atoms with E-state index >= 15 is 0 Å². The van der Waals surface area contributed by atoms with Gasteiger partial charge in [0.05, 0.1) is 12.1 Å². The monoisotopic (exact) mass is 349 g/mol. The van der Waals surface area contributed by atoms with E-state index < -0.39 is 5.54 Å². The lowest BCUT2D eigenvalue weighted by Gasteiger charge is -2.56. The second-order valence-electron chi connectivity index (χ2n) is 7.16. The van der Waals surface area contributed by atoms with Crippen molar-refractivity contribution in [2.24, 2.45) is 0 Å². The summed E-state index contributed by atoms with van der Waals surface area (Å²) in [6.07, 6.45) is 0. The lowest BCUT2D eigenvalue weighted by atomic mass is 9.91. The van der Waals surface area contributed by atoms with E-state index in [0.29, 0.717) is 38.3 Å². The van der Waals surface area contributed by atoms with Crippen LogP contribution < -0.4 is 0 Å². The number of carbonyl (C=O) groups excluding carboxylic acids is 2. The van der Waals surface area contributed by atoms with Crippen LogP contribution in [-0.2, 0) is 4.79 Å². The molecule has 136 valence electrons. The molecule has 2 saturated heterocycles. The summed E-state index contributed by atoms with van der Waals surface area (Å²) in [5.41, 5.74) is -0.0430. The Kier molecular flexibility index (Phi) is 4.79. The first kappa shape index (κ1) is 17.8. The minimum Gasteiger partial charge on any atom is -0.394 e. The van der Waals surface area contributed by atoms with E-state index in [1.165, 1.54) is 31.2 Å². The first-order valence-electron chi connectivity index (χ1n) is 8.52. The van der Waals surface area contributed by atoms with E-state index in [1.807, 2.05) is 6.92 Å². The van der Waals surface area contributed by atoms with Gasteiger partial charge in [-0.05, 0) is 31.2 Å². The van der Waals surface area contributed by atoms with Gasteiger partial charge in [0, 0.05) is 51.3 Å². The van der Waals surface area contributed by atoms with Crippen LogP contribution in [0.25, 0.3) is 0 Å². The second kappa shape index (κ2) is 6.72. The maximum absolute atomic E-state index is 13.1. The van der Waals surface area contributed by atoms with Crippen molar-refractivity contribution in [3.63, 3.8) is 0 Å². The number of nitrogens with zero attached hydrogens (tertiary/aromatic N) is 3. The van der Waals surface area contributed by atoms with Crippen LogP contribution >= 0.6 is 0 Å². The van der Waals surface area contributed by atoms with Gasteiger partial charge in [-0.15, -0.1) is 0 Å². The number of hydrogen-bond acceptors (Lipinski definition) is 4. The molecule has 2 atom stereocenters. The predicted octanol–water partition coefficient (Wildman–Crippen LogP) is 0.565. The fourth-order valence-corrected chi connectivity index (χ4v) is 3.88. The van der Waals surface area contributed by atoms with Gasteiger partial charge in [-0.1, -0.05) is 0 Å². The van der Waals surface area contributed by atoms with Gasteiger partial charge in [-0.25, -0.2) is 4.39 Å². The van der Waals surface area contributed by atoms with Crippen molar-refractivity contribution < 1.29 is 19.1 Å². The summed E-state index contributed by atoms with van der Waals surface area (Å²) in [5.74, 6) is -0.531. The first-order chi connectivity index (χ1) is 11.8. The molecular weight excluding hydrogens is 325 g/mol. The summed E-state index contributed by atoms with van der Waals surface area (Å²) in [6, 6.07) is 5.53. The molecule has 6 nitrogen and oxygen atoms in total. The van der Waals surface area contributed by atoms with Gasteiger partial charge in [0.15, 0.2) is 0 Å². The summed E-state index contributed by atoms with van der Waals surface area (Å²) in [4.78, 5) is 30.2. The van der Waals surface area contributed by atoms with E-state index in [2.05, 4.69) is 4.90 Å². The molecule has 7 heteroatoms. The highest BCUT2D eigenvalue weighted by atomic mass is 19.1. The van der Waals surface area contributed by atoms with Crippen LogP contribution in [0.2, 0.25) is 0 Å². The molecule has 2 fully saturated rings. The number of halogens is 1. The summed E-state index contributed by atoms with van der Waals surface area (Å²) in [6.45, 7) is 6.13. The van der Waals surface area contributed by atoms with E-state index in [4.69, 9.17) is 0 Å². The van der Waals surface area contributed by atoms with Crippen molar-refractivity contribution in [2.75, 3.05) is 39.3 Å². The molecule has 2 aliphatic heterocycles. The van der Waals surface area contributed by atoms with Crippen LogP contribution in [0.5, 0.6) is 0 Å². The molecule has 0 bridgehead atoms. The van der Waals surface area contributed by atoms with Gasteiger partial charge in [0.2, 0.25) is 5.91 Å². The minimum absolute atomic E-state index is 0.0204. The Morgan fingerprint density at radius 3 is 2.44 bits per heavy atom. The van der Waals surface area contributed by atoms with Gasteiger partial charge in [-0.2, -0.15) is 0 Å². The second-order valence-corrected chi connectivity index (χ2v) is 7.16. The normalized spacial score (nSPS) is 27.1. The van der Waals surface area contributed by atoms with Crippen molar-refractivity contribution in [3.8, 4) is 0 Å². The average Bonchev–Trinajstić information content (AvgIpc) is 2.61. The lowest BCUT2D eigenvalue weighted by Crippen LogP contribution is -2.72. The van der Waals surface area contributed by atoms with Gasteiger partial charge in [0.25, 0.3) is 5.91 Å². The standard InChI is InChI=1S/C18H24FN3O3/c1-13(24)21-10-16-9-20(7-8-22(16)18(2,11-21)12-23)17(25)14-3-5-15(19)6-4-14/h3-6,16,23H,7-12H2,1-2H3. The highest BCUT2D eigenvalue weighted by Gasteiger charge is 2.46. The van der Waals surface area contributed by atoms with Crippen molar-refractivity contribution in [1.29, 1.82) is 0 Å². The van der Waals surface area contributed by atoms with E-state index in [9.17, 15) is 19.1 Å². The predicted molar refractivity (Wildman–Crippen MR) is 90.5 cm³/mol. The van der Waals surface area contributed by atoms with Crippen molar-refractivity contribution in [1.82, 2.24) is 14.7 Å². The fourth-order valence-electron chi connectivity index (χ4n) is 3.88. The summed E-state index contributed by atoms with van der Waals surface area (Å²) >= 11 is 0. The molecule has 0 saturated carbocycles. The number of piperazine rings is 2. The zero-order chi connectivity index (χ0) is 18.2. The van der Waals surface area contributed by atoms with Crippen LogP contribution in [0.1, 0.15) is 24.2 Å². The van der Waals surface area contributed by atoms with E-state index in [1.54, 1.807) is 9.80 Å². The van der Waals surface area contributed by atoms with Crippen molar-refractivity contribution in [3.05, 3.63) is 35.6 Å². The van der Waals surface area contributed by atoms with Gasteiger partial charge >= 0.3 is 0 Å². The number of aliphatic hydroxyl groups excluding tert-OH is 1.